The van der Waals surface area contributed by atoms with Crippen LogP contribution in [0.2, 0.25) is 5.02 Å². The highest BCUT2D eigenvalue weighted by Gasteiger charge is 2.74. The number of nitrogens with one attached hydrogen (secondary N) is 3. The molecular weight excluding hydrogens is 418 g/mol. The molecule has 3 aliphatic rings. The fourth-order valence-corrected chi connectivity index (χ4v) is 5.09. The number of carbonyl (C=O) groups excluding carboxylic acids is 3. The van der Waals surface area contributed by atoms with Crippen molar-refractivity contribution in [3.8, 4) is 6.07 Å². The van der Waals surface area contributed by atoms with Crippen LogP contribution in [0.25, 0.3) is 0 Å². The van der Waals surface area contributed by atoms with Gasteiger partial charge in [0.25, 0.3) is 5.91 Å². The van der Waals surface area contributed by atoms with E-state index < -0.39 is 17.4 Å². The lowest BCUT2D eigenvalue weighted by atomic mass is 9.74. The molecule has 1 aromatic rings. The van der Waals surface area contributed by atoms with Crippen LogP contribution in [0.4, 0.5) is 10.5 Å². The number of rotatable bonds is 7. The van der Waals surface area contributed by atoms with E-state index >= 15 is 0 Å². The first-order chi connectivity index (χ1) is 14.8. The molecule has 1 spiro atoms. The first-order valence-electron chi connectivity index (χ1n) is 10.7. The second kappa shape index (κ2) is 8.04. The highest BCUT2D eigenvalue weighted by atomic mass is 35.5. The third-order valence-electron chi connectivity index (χ3n) is 7.27. The number of halogens is 1. The Balaban J connectivity index is 1.41. The van der Waals surface area contributed by atoms with E-state index in [4.69, 9.17) is 17.3 Å². The number of benzene rings is 1. The Morgan fingerprint density at radius 3 is 2.52 bits per heavy atom. The third-order valence-corrected chi connectivity index (χ3v) is 7.60. The minimum atomic E-state index is -0.907. The Kier molecular flexibility index (Phi) is 5.56. The van der Waals surface area contributed by atoms with Gasteiger partial charge in [-0.3, -0.25) is 9.59 Å². The zero-order valence-corrected chi connectivity index (χ0v) is 17.9. The number of anilines is 1. The predicted molar refractivity (Wildman–Crippen MR) is 115 cm³/mol. The number of primary amides is 1. The molecule has 8 nitrogen and oxygen atoms in total. The molecule has 0 heterocycles. The van der Waals surface area contributed by atoms with Gasteiger partial charge in [-0.25, -0.2) is 4.79 Å². The van der Waals surface area contributed by atoms with Crippen molar-refractivity contribution < 1.29 is 14.4 Å². The molecule has 5 N–H and O–H groups in total. The summed E-state index contributed by atoms with van der Waals surface area (Å²) in [5.74, 6) is -0.338. The number of carbonyl (C=O) groups is 3. The maximum atomic E-state index is 13.0. The molecule has 3 saturated carbocycles. The average molecular weight is 444 g/mol. The van der Waals surface area contributed by atoms with Crippen molar-refractivity contribution in [3.63, 3.8) is 0 Å². The molecule has 0 saturated heterocycles. The van der Waals surface area contributed by atoms with Gasteiger partial charge in [-0.2, -0.15) is 5.26 Å². The molecule has 9 heteroatoms. The first-order valence-corrected chi connectivity index (χ1v) is 11.0. The van der Waals surface area contributed by atoms with E-state index in [-0.39, 0.29) is 40.4 Å². The Morgan fingerprint density at radius 2 is 2.00 bits per heavy atom. The van der Waals surface area contributed by atoms with Crippen molar-refractivity contribution in [3.05, 3.63) is 28.8 Å². The Morgan fingerprint density at radius 1 is 1.26 bits per heavy atom. The molecule has 0 bridgehead atoms. The van der Waals surface area contributed by atoms with Crippen molar-refractivity contribution in [1.82, 2.24) is 10.6 Å². The number of nitriles is 1. The van der Waals surface area contributed by atoms with Gasteiger partial charge in [-0.15, -0.1) is 0 Å². The lowest BCUT2D eigenvalue weighted by Crippen LogP contribution is -2.52. The minimum absolute atomic E-state index is 0.124. The molecular formula is C22H26ClN5O3. The minimum Gasteiger partial charge on any atom is -0.351 e. The van der Waals surface area contributed by atoms with Crippen molar-refractivity contribution >= 4 is 35.1 Å². The van der Waals surface area contributed by atoms with Crippen molar-refractivity contribution in [2.45, 2.75) is 51.0 Å². The van der Waals surface area contributed by atoms with Crippen molar-refractivity contribution in [2.24, 2.45) is 22.5 Å². The summed E-state index contributed by atoms with van der Waals surface area (Å²) in [7, 11) is 0. The van der Waals surface area contributed by atoms with Gasteiger partial charge in [0.15, 0.2) is 0 Å². The molecule has 4 amide bonds. The maximum absolute atomic E-state index is 13.0. The molecule has 31 heavy (non-hydrogen) atoms. The molecule has 3 fully saturated rings. The van der Waals surface area contributed by atoms with Crippen LogP contribution in [0.15, 0.2) is 18.2 Å². The number of nitrogens with two attached hydrogens (primary N) is 1. The summed E-state index contributed by atoms with van der Waals surface area (Å²) in [6.45, 7) is 0.244. The normalized spacial score (nSPS) is 24.1. The Labute approximate surface area is 185 Å². The van der Waals surface area contributed by atoms with E-state index in [1.165, 1.54) is 12.1 Å². The number of hydrogen-bond acceptors (Lipinski definition) is 4. The molecule has 3 aliphatic carbocycles. The first kappa shape index (κ1) is 21.4. The van der Waals surface area contributed by atoms with E-state index in [2.05, 4.69) is 22.0 Å². The number of urea groups is 1. The molecule has 4 rings (SSSR count). The Hall–Kier alpha value is -2.79. The van der Waals surface area contributed by atoms with Crippen LogP contribution in [-0.4, -0.2) is 30.4 Å². The van der Waals surface area contributed by atoms with Gasteiger partial charge >= 0.3 is 6.03 Å². The van der Waals surface area contributed by atoms with E-state index in [9.17, 15) is 19.6 Å². The molecule has 164 valence electrons. The van der Waals surface area contributed by atoms with E-state index in [1.54, 1.807) is 6.07 Å². The summed E-state index contributed by atoms with van der Waals surface area (Å²) in [6, 6.07) is 5.82. The summed E-state index contributed by atoms with van der Waals surface area (Å²) in [6.07, 6.45) is 6.63. The number of amides is 4. The van der Waals surface area contributed by atoms with Crippen molar-refractivity contribution in [1.29, 1.82) is 5.26 Å². The molecule has 0 aliphatic heterocycles. The second-order valence-electron chi connectivity index (χ2n) is 8.99. The SMILES string of the molecule is N#CC1(C(=O)NC(CNC(=O)c2cc(NC(N)=O)ccc2Cl)C2CCC2)CC12CCC2. The predicted octanol–water partition coefficient (Wildman–Crippen LogP) is 2.93. The standard InChI is InChI=1S/C22H26ClN5O3/c23-16-6-5-14(27-20(25)31)9-15(16)18(29)26-10-17(13-3-1-4-13)28-19(30)22(12-24)11-21(22)7-2-8-21/h5-6,9,13,17H,1-4,7-8,10-11H2,(H,26,29)(H,28,30)(H3,25,27,31). The van der Waals surface area contributed by atoms with Crippen LogP contribution in [0.3, 0.4) is 0 Å². The summed E-state index contributed by atoms with van der Waals surface area (Å²) >= 11 is 6.16. The average Bonchev–Trinajstić information content (AvgIpc) is 3.37. The number of nitrogens with zero attached hydrogens (tertiary/aromatic N) is 1. The molecule has 2 unspecified atom stereocenters. The Bertz CT molecular complexity index is 966. The van der Waals surface area contributed by atoms with Crippen LogP contribution in [0, 0.1) is 28.1 Å². The van der Waals surface area contributed by atoms with Crippen LogP contribution in [0.1, 0.15) is 55.3 Å². The summed E-state index contributed by atoms with van der Waals surface area (Å²) in [4.78, 5) is 36.8. The topological polar surface area (TPSA) is 137 Å². The van der Waals surface area contributed by atoms with Gasteiger partial charge in [0, 0.05) is 23.7 Å². The van der Waals surface area contributed by atoms with Gasteiger partial charge in [0.1, 0.15) is 5.41 Å². The summed E-state index contributed by atoms with van der Waals surface area (Å²) in [5.41, 5.74) is 4.66. The summed E-state index contributed by atoms with van der Waals surface area (Å²) in [5, 5.41) is 18.3. The lowest BCUT2D eigenvalue weighted by molar-refractivity contribution is -0.127. The molecule has 0 aromatic heterocycles. The zero-order valence-electron chi connectivity index (χ0n) is 17.2. The highest BCUT2D eigenvalue weighted by molar-refractivity contribution is 6.34. The molecule has 1 aromatic carbocycles. The van der Waals surface area contributed by atoms with Gasteiger partial charge in [-0.1, -0.05) is 24.4 Å². The number of hydrogen-bond donors (Lipinski definition) is 4. The van der Waals surface area contributed by atoms with E-state index in [0.29, 0.717) is 12.1 Å². The lowest BCUT2D eigenvalue weighted by Gasteiger charge is -2.36. The maximum Gasteiger partial charge on any atom is 0.316 e. The fourth-order valence-electron chi connectivity index (χ4n) is 4.89. The van der Waals surface area contributed by atoms with E-state index in [1.807, 2.05) is 0 Å². The van der Waals surface area contributed by atoms with Crippen molar-refractivity contribution in [2.75, 3.05) is 11.9 Å². The van der Waals surface area contributed by atoms with Gasteiger partial charge < -0.3 is 21.7 Å². The van der Waals surface area contributed by atoms with E-state index in [0.717, 1.165) is 38.5 Å². The van der Waals surface area contributed by atoms with Crippen LogP contribution < -0.4 is 21.7 Å². The fraction of sp³-hybridized carbons (Fsp3) is 0.545. The highest BCUT2D eigenvalue weighted by Crippen LogP contribution is 2.73. The zero-order chi connectivity index (χ0) is 22.2. The largest absolute Gasteiger partial charge is 0.351 e. The molecule has 0 radical (unpaired) electrons. The van der Waals surface area contributed by atoms with Crippen LogP contribution in [0.5, 0.6) is 0 Å². The smallest absolute Gasteiger partial charge is 0.316 e. The monoisotopic (exact) mass is 443 g/mol. The van der Waals surface area contributed by atoms with Gasteiger partial charge in [0.2, 0.25) is 5.91 Å². The van der Waals surface area contributed by atoms with Gasteiger partial charge in [-0.05, 0) is 56.2 Å². The van der Waals surface area contributed by atoms with Gasteiger partial charge in [0.05, 0.1) is 16.7 Å². The molecule has 2 atom stereocenters. The summed E-state index contributed by atoms with van der Waals surface area (Å²) < 4.78 is 0. The third kappa shape index (κ3) is 3.83. The van der Waals surface area contributed by atoms with Crippen LogP contribution in [-0.2, 0) is 4.79 Å². The quantitative estimate of drug-likeness (QED) is 0.514. The van der Waals surface area contributed by atoms with Crippen LogP contribution >= 0.6 is 11.6 Å². The second-order valence-corrected chi connectivity index (χ2v) is 9.40.